The molecule has 4 heteroatoms. The van der Waals surface area contributed by atoms with E-state index in [1.165, 1.54) is 5.56 Å². The van der Waals surface area contributed by atoms with E-state index >= 15 is 0 Å². The van der Waals surface area contributed by atoms with Gasteiger partial charge in [-0.25, -0.2) is 4.98 Å². The van der Waals surface area contributed by atoms with Gasteiger partial charge in [-0.15, -0.1) is 0 Å². The predicted octanol–water partition coefficient (Wildman–Crippen LogP) is 1.19. The minimum absolute atomic E-state index is 0.828. The third kappa shape index (κ3) is 0.853. The van der Waals surface area contributed by atoms with Crippen LogP contribution < -0.4 is 5.32 Å². The van der Waals surface area contributed by atoms with Crippen molar-refractivity contribution in [3.63, 3.8) is 0 Å². The molecule has 0 amide bonds. The summed E-state index contributed by atoms with van der Waals surface area (Å²) in [5, 5.41) is 7.45. The van der Waals surface area contributed by atoms with Crippen molar-refractivity contribution in [3.8, 4) is 5.82 Å². The fraction of sp³-hybridized carbons (Fsp3) is 0.111. The van der Waals surface area contributed by atoms with Gasteiger partial charge in [0.25, 0.3) is 0 Å². The van der Waals surface area contributed by atoms with E-state index in [2.05, 4.69) is 21.5 Å². The van der Waals surface area contributed by atoms with Crippen molar-refractivity contribution in [2.75, 3.05) is 5.32 Å². The van der Waals surface area contributed by atoms with Crippen LogP contribution in [0.5, 0.6) is 0 Å². The average molecular weight is 172 g/mol. The molecule has 0 aromatic carbocycles. The molecule has 2 aromatic heterocycles. The van der Waals surface area contributed by atoms with Gasteiger partial charge in [0.2, 0.25) is 0 Å². The van der Waals surface area contributed by atoms with E-state index in [1.807, 2.05) is 16.8 Å². The smallest absolute Gasteiger partial charge is 0.160 e. The number of hydrogen-bond acceptors (Lipinski definition) is 3. The van der Waals surface area contributed by atoms with E-state index < -0.39 is 0 Å². The molecule has 2 aromatic rings. The Morgan fingerprint density at radius 1 is 1.31 bits per heavy atom. The van der Waals surface area contributed by atoms with Crippen LogP contribution in [0.15, 0.2) is 30.6 Å². The van der Waals surface area contributed by atoms with Gasteiger partial charge >= 0.3 is 0 Å². The van der Waals surface area contributed by atoms with Crippen molar-refractivity contribution in [1.82, 2.24) is 14.8 Å². The standard InChI is InChI=1S/C9H8N4/c1-2-7-6-11-8-3-5-12-13(8)9(7)10-4-1/h1-5,11H,6H2. The number of anilines is 1. The fourth-order valence-corrected chi connectivity index (χ4v) is 1.55. The van der Waals surface area contributed by atoms with Crippen LogP contribution in [0, 0.1) is 0 Å². The number of hydrogen-bond donors (Lipinski definition) is 1. The molecule has 0 saturated heterocycles. The van der Waals surface area contributed by atoms with Gasteiger partial charge in [0.1, 0.15) is 5.82 Å². The molecule has 64 valence electrons. The maximum Gasteiger partial charge on any atom is 0.160 e. The zero-order valence-electron chi connectivity index (χ0n) is 6.94. The molecular formula is C9H8N4. The molecule has 0 unspecified atom stereocenters. The molecule has 0 radical (unpaired) electrons. The van der Waals surface area contributed by atoms with Crippen molar-refractivity contribution in [2.45, 2.75) is 6.54 Å². The highest BCUT2D eigenvalue weighted by Crippen LogP contribution is 2.21. The summed E-state index contributed by atoms with van der Waals surface area (Å²) in [6.45, 7) is 0.828. The van der Waals surface area contributed by atoms with E-state index in [9.17, 15) is 0 Å². The normalized spacial score (nSPS) is 12.9. The molecule has 0 aliphatic carbocycles. The van der Waals surface area contributed by atoms with Gasteiger partial charge in [-0.2, -0.15) is 9.78 Å². The Balaban J connectivity index is 2.30. The lowest BCUT2D eigenvalue weighted by Crippen LogP contribution is -2.16. The van der Waals surface area contributed by atoms with Crippen LogP contribution in [0.25, 0.3) is 5.82 Å². The van der Waals surface area contributed by atoms with E-state index in [-0.39, 0.29) is 0 Å². The molecule has 3 heterocycles. The number of nitrogens with one attached hydrogen (secondary N) is 1. The van der Waals surface area contributed by atoms with Crippen molar-refractivity contribution in [1.29, 1.82) is 0 Å². The van der Waals surface area contributed by atoms with Crippen LogP contribution >= 0.6 is 0 Å². The van der Waals surface area contributed by atoms with Gasteiger partial charge < -0.3 is 5.32 Å². The summed E-state index contributed by atoms with van der Waals surface area (Å²) < 4.78 is 1.82. The lowest BCUT2D eigenvalue weighted by molar-refractivity contribution is 0.801. The number of pyridine rings is 1. The molecular weight excluding hydrogens is 164 g/mol. The molecule has 0 fully saturated rings. The fourth-order valence-electron chi connectivity index (χ4n) is 1.55. The number of rotatable bonds is 0. The van der Waals surface area contributed by atoms with Crippen LogP contribution in [0.2, 0.25) is 0 Å². The first kappa shape index (κ1) is 6.65. The van der Waals surface area contributed by atoms with Crippen LogP contribution in [-0.2, 0) is 6.54 Å². The Morgan fingerprint density at radius 3 is 3.31 bits per heavy atom. The summed E-state index contributed by atoms with van der Waals surface area (Å²) in [7, 11) is 0. The summed E-state index contributed by atoms with van der Waals surface area (Å²) >= 11 is 0. The minimum Gasteiger partial charge on any atom is -0.366 e. The summed E-state index contributed by atoms with van der Waals surface area (Å²) in [5.41, 5.74) is 1.18. The summed E-state index contributed by atoms with van der Waals surface area (Å²) in [6.07, 6.45) is 3.56. The van der Waals surface area contributed by atoms with Crippen LogP contribution in [0.4, 0.5) is 5.82 Å². The second-order valence-electron chi connectivity index (χ2n) is 2.97. The van der Waals surface area contributed by atoms with Crippen molar-refractivity contribution in [3.05, 3.63) is 36.2 Å². The molecule has 1 aliphatic rings. The Bertz CT molecular complexity index is 446. The summed E-state index contributed by atoms with van der Waals surface area (Å²) in [4.78, 5) is 4.29. The highest BCUT2D eigenvalue weighted by molar-refractivity contribution is 5.49. The van der Waals surface area contributed by atoms with Crippen molar-refractivity contribution < 1.29 is 0 Å². The highest BCUT2D eigenvalue weighted by atomic mass is 15.4. The van der Waals surface area contributed by atoms with Crippen LogP contribution in [0.1, 0.15) is 5.56 Å². The monoisotopic (exact) mass is 172 g/mol. The third-order valence-electron chi connectivity index (χ3n) is 2.17. The van der Waals surface area contributed by atoms with Gasteiger partial charge in [-0.3, -0.25) is 0 Å². The summed E-state index contributed by atoms with van der Waals surface area (Å²) in [6, 6.07) is 5.94. The van der Waals surface area contributed by atoms with E-state index in [0.29, 0.717) is 0 Å². The topological polar surface area (TPSA) is 42.7 Å². The van der Waals surface area contributed by atoms with Gasteiger partial charge in [0.05, 0.1) is 6.20 Å². The first-order chi connectivity index (χ1) is 6.45. The van der Waals surface area contributed by atoms with Crippen LogP contribution in [0.3, 0.4) is 0 Å². The van der Waals surface area contributed by atoms with Crippen LogP contribution in [-0.4, -0.2) is 14.8 Å². The SMILES string of the molecule is c1cnc2c(c1)CNc1ccnn1-2. The van der Waals surface area contributed by atoms with E-state index in [0.717, 1.165) is 18.2 Å². The molecule has 0 bridgehead atoms. The van der Waals surface area contributed by atoms with Gasteiger partial charge in [0, 0.05) is 24.4 Å². The molecule has 0 saturated carbocycles. The number of nitrogens with zero attached hydrogens (tertiary/aromatic N) is 3. The molecule has 1 N–H and O–H groups in total. The quantitative estimate of drug-likeness (QED) is 0.649. The van der Waals surface area contributed by atoms with Gasteiger partial charge in [0.15, 0.2) is 5.82 Å². The largest absolute Gasteiger partial charge is 0.366 e. The Hall–Kier alpha value is -1.84. The van der Waals surface area contributed by atoms with Crippen molar-refractivity contribution in [2.24, 2.45) is 0 Å². The van der Waals surface area contributed by atoms with E-state index in [4.69, 9.17) is 0 Å². The Morgan fingerprint density at radius 2 is 2.31 bits per heavy atom. The number of aromatic nitrogens is 3. The zero-order chi connectivity index (χ0) is 8.67. The second kappa shape index (κ2) is 2.32. The van der Waals surface area contributed by atoms with Crippen molar-refractivity contribution >= 4 is 5.82 Å². The molecule has 13 heavy (non-hydrogen) atoms. The molecule has 1 aliphatic heterocycles. The highest BCUT2D eigenvalue weighted by Gasteiger charge is 2.15. The molecule has 4 nitrogen and oxygen atoms in total. The Labute approximate surface area is 75.2 Å². The van der Waals surface area contributed by atoms with Gasteiger partial charge in [-0.1, -0.05) is 6.07 Å². The maximum atomic E-state index is 4.29. The predicted molar refractivity (Wildman–Crippen MR) is 48.7 cm³/mol. The lowest BCUT2D eigenvalue weighted by Gasteiger charge is -2.17. The molecule has 3 rings (SSSR count). The molecule has 0 atom stereocenters. The van der Waals surface area contributed by atoms with E-state index in [1.54, 1.807) is 12.4 Å². The first-order valence-corrected chi connectivity index (χ1v) is 4.17. The Kier molecular flexibility index (Phi) is 1.19. The zero-order valence-corrected chi connectivity index (χ0v) is 6.94. The lowest BCUT2D eigenvalue weighted by atomic mass is 10.2. The first-order valence-electron chi connectivity index (χ1n) is 4.17. The van der Waals surface area contributed by atoms with Gasteiger partial charge in [-0.05, 0) is 6.07 Å². The number of fused-ring (bicyclic) bond motifs is 3. The third-order valence-corrected chi connectivity index (χ3v) is 2.17. The second-order valence-corrected chi connectivity index (χ2v) is 2.97. The minimum atomic E-state index is 0.828. The molecule has 0 spiro atoms. The average Bonchev–Trinajstić information content (AvgIpc) is 2.65. The summed E-state index contributed by atoms with van der Waals surface area (Å²) in [5.74, 6) is 1.94. The maximum absolute atomic E-state index is 4.29.